The maximum absolute atomic E-state index is 11.3. The molecule has 1 saturated heterocycles. The Labute approximate surface area is 102 Å². The van der Waals surface area contributed by atoms with E-state index in [-0.39, 0.29) is 5.78 Å². The molecule has 0 aliphatic carbocycles. The monoisotopic (exact) mass is 233 g/mol. The Balaban J connectivity index is 2.17. The van der Waals surface area contributed by atoms with Gasteiger partial charge in [-0.05, 0) is 32.6 Å². The summed E-state index contributed by atoms with van der Waals surface area (Å²) in [5.41, 5.74) is 1.40. The van der Waals surface area contributed by atoms with Gasteiger partial charge in [0.25, 0.3) is 0 Å². The molecule has 4 heteroatoms. The second-order valence-electron chi connectivity index (χ2n) is 4.89. The van der Waals surface area contributed by atoms with Gasteiger partial charge in [-0.1, -0.05) is 6.92 Å². The SMILES string of the molecule is CC(=O)c1cnc(N2CCC(C)CC2)nc1C. The zero-order valence-electron chi connectivity index (χ0n) is 10.7. The molecule has 17 heavy (non-hydrogen) atoms. The highest BCUT2D eigenvalue weighted by atomic mass is 16.1. The topological polar surface area (TPSA) is 46.1 Å². The largest absolute Gasteiger partial charge is 0.341 e. The van der Waals surface area contributed by atoms with Crippen LogP contribution in [-0.4, -0.2) is 28.8 Å². The van der Waals surface area contributed by atoms with Crippen molar-refractivity contribution in [2.24, 2.45) is 5.92 Å². The van der Waals surface area contributed by atoms with Crippen LogP contribution >= 0.6 is 0 Å². The Hall–Kier alpha value is -1.45. The Morgan fingerprint density at radius 3 is 2.59 bits per heavy atom. The molecular weight excluding hydrogens is 214 g/mol. The number of piperidine rings is 1. The molecule has 92 valence electrons. The number of carbonyl (C=O) groups is 1. The lowest BCUT2D eigenvalue weighted by atomic mass is 10.00. The summed E-state index contributed by atoms with van der Waals surface area (Å²) in [4.78, 5) is 22.2. The van der Waals surface area contributed by atoms with Gasteiger partial charge in [-0.15, -0.1) is 0 Å². The van der Waals surface area contributed by atoms with Gasteiger partial charge >= 0.3 is 0 Å². The highest BCUT2D eigenvalue weighted by molar-refractivity contribution is 5.94. The van der Waals surface area contributed by atoms with E-state index in [1.54, 1.807) is 13.1 Å². The van der Waals surface area contributed by atoms with E-state index in [4.69, 9.17) is 0 Å². The maximum atomic E-state index is 11.3. The van der Waals surface area contributed by atoms with Crippen molar-refractivity contribution in [2.45, 2.75) is 33.6 Å². The number of aryl methyl sites for hydroxylation is 1. The average molecular weight is 233 g/mol. The number of hydrogen-bond acceptors (Lipinski definition) is 4. The highest BCUT2D eigenvalue weighted by Gasteiger charge is 2.18. The van der Waals surface area contributed by atoms with Crippen molar-refractivity contribution >= 4 is 11.7 Å². The highest BCUT2D eigenvalue weighted by Crippen LogP contribution is 2.20. The van der Waals surface area contributed by atoms with Gasteiger partial charge in [0.2, 0.25) is 5.95 Å². The molecule has 1 aliphatic rings. The van der Waals surface area contributed by atoms with Crippen LogP contribution in [0, 0.1) is 12.8 Å². The van der Waals surface area contributed by atoms with Crippen molar-refractivity contribution in [3.05, 3.63) is 17.5 Å². The smallest absolute Gasteiger partial charge is 0.225 e. The van der Waals surface area contributed by atoms with Gasteiger partial charge in [0, 0.05) is 19.3 Å². The third-order valence-corrected chi connectivity index (χ3v) is 3.41. The van der Waals surface area contributed by atoms with Crippen molar-refractivity contribution in [1.82, 2.24) is 9.97 Å². The minimum Gasteiger partial charge on any atom is -0.341 e. The molecule has 1 aromatic heterocycles. The third-order valence-electron chi connectivity index (χ3n) is 3.41. The fourth-order valence-corrected chi connectivity index (χ4v) is 2.16. The van der Waals surface area contributed by atoms with Crippen LogP contribution in [0.3, 0.4) is 0 Å². The molecule has 0 spiro atoms. The van der Waals surface area contributed by atoms with E-state index >= 15 is 0 Å². The zero-order valence-corrected chi connectivity index (χ0v) is 10.7. The number of anilines is 1. The number of aromatic nitrogens is 2. The van der Waals surface area contributed by atoms with Gasteiger partial charge in [-0.2, -0.15) is 0 Å². The lowest BCUT2D eigenvalue weighted by molar-refractivity contribution is 0.101. The van der Waals surface area contributed by atoms with Crippen LogP contribution in [-0.2, 0) is 0 Å². The Morgan fingerprint density at radius 1 is 1.41 bits per heavy atom. The van der Waals surface area contributed by atoms with E-state index in [2.05, 4.69) is 21.8 Å². The number of rotatable bonds is 2. The average Bonchev–Trinajstić information content (AvgIpc) is 2.29. The molecular formula is C13H19N3O. The number of Topliss-reactive ketones (excluding diaryl/α,β-unsaturated/α-hetero) is 1. The molecule has 1 aromatic rings. The third kappa shape index (κ3) is 2.62. The minimum absolute atomic E-state index is 0.0290. The second-order valence-corrected chi connectivity index (χ2v) is 4.89. The van der Waals surface area contributed by atoms with Crippen LogP contribution in [0.15, 0.2) is 6.20 Å². The molecule has 0 unspecified atom stereocenters. The molecule has 0 radical (unpaired) electrons. The normalized spacial score (nSPS) is 17.2. The summed E-state index contributed by atoms with van der Waals surface area (Å²) in [7, 11) is 0. The molecule has 1 aliphatic heterocycles. The van der Waals surface area contributed by atoms with Gasteiger partial charge in [0.05, 0.1) is 11.3 Å². The molecule has 0 amide bonds. The molecule has 1 fully saturated rings. The van der Waals surface area contributed by atoms with Crippen LogP contribution in [0.4, 0.5) is 5.95 Å². The van der Waals surface area contributed by atoms with Crippen LogP contribution in [0.2, 0.25) is 0 Å². The molecule has 0 saturated carbocycles. The first kappa shape index (κ1) is 12.0. The first-order valence-electron chi connectivity index (χ1n) is 6.17. The number of carbonyl (C=O) groups excluding carboxylic acids is 1. The fourth-order valence-electron chi connectivity index (χ4n) is 2.16. The predicted octanol–water partition coefficient (Wildman–Crippen LogP) is 2.22. The number of nitrogens with zero attached hydrogens (tertiary/aromatic N) is 3. The molecule has 0 N–H and O–H groups in total. The van der Waals surface area contributed by atoms with E-state index < -0.39 is 0 Å². The maximum Gasteiger partial charge on any atom is 0.225 e. The summed E-state index contributed by atoms with van der Waals surface area (Å²) >= 11 is 0. The fraction of sp³-hybridized carbons (Fsp3) is 0.615. The van der Waals surface area contributed by atoms with Crippen molar-refractivity contribution < 1.29 is 4.79 Å². The van der Waals surface area contributed by atoms with E-state index in [1.807, 2.05) is 6.92 Å². The van der Waals surface area contributed by atoms with E-state index in [0.717, 1.165) is 30.6 Å². The van der Waals surface area contributed by atoms with E-state index in [0.29, 0.717) is 5.56 Å². The first-order chi connectivity index (χ1) is 8.08. The molecule has 0 aromatic carbocycles. The van der Waals surface area contributed by atoms with Gasteiger partial charge < -0.3 is 4.90 Å². The van der Waals surface area contributed by atoms with Gasteiger partial charge in [0.15, 0.2) is 5.78 Å². The van der Waals surface area contributed by atoms with Crippen molar-refractivity contribution in [3.8, 4) is 0 Å². The summed E-state index contributed by atoms with van der Waals surface area (Å²) in [6.45, 7) is 7.73. The van der Waals surface area contributed by atoms with Crippen LogP contribution in [0.25, 0.3) is 0 Å². The standard InChI is InChI=1S/C13H19N3O/c1-9-4-6-16(7-5-9)13-14-8-12(11(3)17)10(2)15-13/h8-9H,4-7H2,1-3H3. The second kappa shape index (κ2) is 4.82. The number of hydrogen-bond donors (Lipinski definition) is 0. The van der Waals surface area contributed by atoms with E-state index in [1.165, 1.54) is 12.8 Å². The molecule has 2 rings (SSSR count). The predicted molar refractivity (Wildman–Crippen MR) is 67.4 cm³/mol. The number of ketones is 1. The lowest BCUT2D eigenvalue weighted by Crippen LogP contribution is -2.34. The lowest BCUT2D eigenvalue weighted by Gasteiger charge is -2.30. The minimum atomic E-state index is 0.0290. The molecule has 0 bridgehead atoms. The van der Waals surface area contributed by atoms with Gasteiger partial charge in [-0.3, -0.25) is 4.79 Å². The van der Waals surface area contributed by atoms with Crippen LogP contribution < -0.4 is 4.90 Å². The molecule has 2 heterocycles. The summed E-state index contributed by atoms with van der Waals surface area (Å²) in [6, 6.07) is 0. The van der Waals surface area contributed by atoms with Crippen molar-refractivity contribution in [1.29, 1.82) is 0 Å². The van der Waals surface area contributed by atoms with Crippen molar-refractivity contribution in [3.63, 3.8) is 0 Å². The summed E-state index contributed by atoms with van der Waals surface area (Å²) < 4.78 is 0. The van der Waals surface area contributed by atoms with Crippen LogP contribution in [0.1, 0.15) is 42.7 Å². The molecule has 0 atom stereocenters. The van der Waals surface area contributed by atoms with E-state index in [9.17, 15) is 4.79 Å². The quantitative estimate of drug-likeness (QED) is 0.735. The summed E-state index contributed by atoms with van der Waals surface area (Å²) in [5, 5.41) is 0. The van der Waals surface area contributed by atoms with Gasteiger partial charge in [0.1, 0.15) is 0 Å². The zero-order chi connectivity index (χ0) is 12.4. The summed E-state index contributed by atoms with van der Waals surface area (Å²) in [6.07, 6.45) is 4.03. The molecule has 4 nitrogen and oxygen atoms in total. The summed E-state index contributed by atoms with van der Waals surface area (Å²) in [5.74, 6) is 1.59. The Bertz CT molecular complexity index is 423. The van der Waals surface area contributed by atoms with Crippen molar-refractivity contribution in [2.75, 3.05) is 18.0 Å². The van der Waals surface area contributed by atoms with Gasteiger partial charge in [-0.25, -0.2) is 9.97 Å². The Morgan fingerprint density at radius 2 is 2.06 bits per heavy atom. The first-order valence-corrected chi connectivity index (χ1v) is 6.17. The van der Waals surface area contributed by atoms with Crippen LogP contribution in [0.5, 0.6) is 0 Å². The Kier molecular flexibility index (Phi) is 3.41.